The van der Waals surface area contributed by atoms with Crippen LogP contribution < -0.4 is 4.90 Å². The second-order valence-electron chi connectivity index (χ2n) is 5.28. The SMILES string of the molecule is C[C@@H]1CCc2ccccc2N1C(=O)Cn1cnc([N+](=O)[O-])n1. The molecule has 8 nitrogen and oxygen atoms in total. The van der Waals surface area contributed by atoms with E-state index in [1.165, 1.54) is 11.0 Å². The van der Waals surface area contributed by atoms with Crippen LogP contribution in [0.5, 0.6) is 0 Å². The van der Waals surface area contributed by atoms with E-state index >= 15 is 0 Å². The number of carbonyl (C=O) groups is 1. The standard InChI is InChI=1S/C14H15N5O3/c1-10-6-7-11-4-2-3-5-12(11)18(10)13(20)8-17-9-15-14(16-17)19(21)22/h2-5,9-10H,6-8H2,1H3/t10-/m1/s1. The fourth-order valence-corrected chi connectivity index (χ4v) is 2.73. The van der Waals surface area contributed by atoms with Gasteiger partial charge in [0.1, 0.15) is 6.54 Å². The number of hydrogen-bond acceptors (Lipinski definition) is 5. The van der Waals surface area contributed by atoms with Gasteiger partial charge in [-0.25, -0.2) is 0 Å². The quantitative estimate of drug-likeness (QED) is 0.633. The molecule has 0 aliphatic carbocycles. The van der Waals surface area contributed by atoms with Crippen LogP contribution in [0.1, 0.15) is 18.9 Å². The van der Waals surface area contributed by atoms with Crippen LogP contribution in [0, 0.1) is 10.1 Å². The number of nitrogens with zero attached hydrogens (tertiary/aromatic N) is 5. The molecule has 3 rings (SSSR count). The van der Waals surface area contributed by atoms with Crippen molar-refractivity contribution in [3.8, 4) is 0 Å². The number of rotatable bonds is 3. The molecule has 114 valence electrons. The van der Waals surface area contributed by atoms with Gasteiger partial charge in [-0.1, -0.05) is 23.2 Å². The van der Waals surface area contributed by atoms with Crippen molar-refractivity contribution < 1.29 is 9.72 Å². The van der Waals surface area contributed by atoms with E-state index in [1.807, 2.05) is 31.2 Å². The Morgan fingerprint density at radius 3 is 2.95 bits per heavy atom. The van der Waals surface area contributed by atoms with E-state index < -0.39 is 10.9 Å². The van der Waals surface area contributed by atoms with Crippen LogP contribution in [0.2, 0.25) is 0 Å². The van der Waals surface area contributed by atoms with Gasteiger partial charge in [0.15, 0.2) is 0 Å². The fourth-order valence-electron chi connectivity index (χ4n) is 2.73. The molecule has 0 saturated carbocycles. The van der Waals surface area contributed by atoms with Crippen molar-refractivity contribution in [3.63, 3.8) is 0 Å². The summed E-state index contributed by atoms with van der Waals surface area (Å²) in [5, 5.41) is 14.3. The molecule has 1 atom stereocenters. The van der Waals surface area contributed by atoms with Gasteiger partial charge in [0.2, 0.25) is 12.2 Å². The predicted octanol–water partition coefficient (Wildman–Crippen LogP) is 1.55. The fraction of sp³-hybridized carbons (Fsp3) is 0.357. The average Bonchev–Trinajstić information content (AvgIpc) is 2.95. The maximum atomic E-state index is 12.6. The van der Waals surface area contributed by atoms with E-state index in [0.717, 1.165) is 24.1 Å². The van der Waals surface area contributed by atoms with Crippen molar-refractivity contribution >= 4 is 17.5 Å². The van der Waals surface area contributed by atoms with E-state index in [9.17, 15) is 14.9 Å². The Bertz CT molecular complexity index is 727. The number of nitro groups is 1. The second-order valence-corrected chi connectivity index (χ2v) is 5.28. The number of aromatic nitrogens is 3. The highest BCUT2D eigenvalue weighted by atomic mass is 16.6. The molecule has 0 radical (unpaired) electrons. The van der Waals surface area contributed by atoms with Gasteiger partial charge in [-0.3, -0.25) is 4.79 Å². The first-order valence-corrected chi connectivity index (χ1v) is 7.00. The van der Waals surface area contributed by atoms with Crippen LogP contribution in [0.4, 0.5) is 11.6 Å². The Morgan fingerprint density at radius 1 is 1.45 bits per heavy atom. The van der Waals surface area contributed by atoms with Gasteiger partial charge < -0.3 is 15.0 Å². The zero-order valence-electron chi connectivity index (χ0n) is 12.0. The third kappa shape index (κ3) is 2.54. The summed E-state index contributed by atoms with van der Waals surface area (Å²) in [4.78, 5) is 27.8. The molecule has 0 N–H and O–H groups in total. The first-order valence-electron chi connectivity index (χ1n) is 7.00. The molecule has 0 bridgehead atoms. The molecule has 22 heavy (non-hydrogen) atoms. The van der Waals surface area contributed by atoms with Crippen LogP contribution in [-0.4, -0.2) is 31.6 Å². The summed E-state index contributed by atoms with van der Waals surface area (Å²) in [6.45, 7) is 1.93. The molecule has 0 unspecified atom stereocenters. The summed E-state index contributed by atoms with van der Waals surface area (Å²) in [5.74, 6) is -0.653. The average molecular weight is 301 g/mol. The number of hydrogen-bond donors (Lipinski definition) is 0. The largest absolute Gasteiger partial charge is 0.490 e. The Balaban J connectivity index is 1.83. The van der Waals surface area contributed by atoms with E-state index in [2.05, 4.69) is 10.1 Å². The number of anilines is 1. The second kappa shape index (κ2) is 5.55. The zero-order valence-corrected chi connectivity index (χ0v) is 12.0. The van der Waals surface area contributed by atoms with Crippen molar-refractivity contribution in [3.05, 3.63) is 46.3 Å². The molecule has 8 heteroatoms. The Labute approximate surface area is 126 Å². The van der Waals surface area contributed by atoms with Crippen LogP contribution >= 0.6 is 0 Å². The minimum atomic E-state index is -0.681. The zero-order chi connectivity index (χ0) is 15.7. The van der Waals surface area contributed by atoms with E-state index in [0.29, 0.717) is 0 Å². The Kier molecular flexibility index (Phi) is 3.58. The highest BCUT2D eigenvalue weighted by Crippen LogP contribution is 2.30. The van der Waals surface area contributed by atoms with Gasteiger partial charge >= 0.3 is 5.95 Å². The Morgan fingerprint density at radius 2 is 2.23 bits per heavy atom. The highest BCUT2D eigenvalue weighted by Gasteiger charge is 2.29. The lowest BCUT2D eigenvalue weighted by atomic mass is 9.96. The lowest BCUT2D eigenvalue weighted by Gasteiger charge is -2.35. The third-order valence-corrected chi connectivity index (χ3v) is 3.78. The van der Waals surface area contributed by atoms with Gasteiger partial charge in [0, 0.05) is 16.8 Å². The smallest absolute Gasteiger partial charge is 0.390 e. The van der Waals surface area contributed by atoms with Crippen molar-refractivity contribution in [1.29, 1.82) is 0 Å². The summed E-state index contributed by atoms with van der Waals surface area (Å²) < 4.78 is 1.20. The van der Waals surface area contributed by atoms with Crippen molar-refractivity contribution in [2.75, 3.05) is 4.90 Å². The van der Waals surface area contributed by atoms with Gasteiger partial charge in [-0.05, 0) is 36.3 Å². The van der Waals surface area contributed by atoms with Crippen LogP contribution in [-0.2, 0) is 17.8 Å². The number of aryl methyl sites for hydroxylation is 1. The topological polar surface area (TPSA) is 94.2 Å². The third-order valence-electron chi connectivity index (χ3n) is 3.78. The summed E-state index contributed by atoms with van der Waals surface area (Å²) in [6, 6.07) is 7.88. The maximum Gasteiger partial charge on any atom is 0.490 e. The van der Waals surface area contributed by atoms with Crippen molar-refractivity contribution in [2.45, 2.75) is 32.4 Å². The summed E-state index contributed by atoms with van der Waals surface area (Å²) in [7, 11) is 0. The first-order chi connectivity index (χ1) is 10.6. The minimum Gasteiger partial charge on any atom is -0.390 e. The van der Waals surface area contributed by atoms with Crippen molar-refractivity contribution in [1.82, 2.24) is 14.8 Å². The van der Waals surface area contributed by atoms with Gasteiger partial charge in [0.25, 0.3) is 0 Å². The molecule has 0 spiro atoms. The van der Waals surface area contributed by atoms with Crippen LogP contribution in [0.25, 0.3) is 0 Å². The molecular formula is C14H15N5O3. The lowest BCUT2D eigenvalue weighted by molar-refractivity contribution is -0.394. The molecule has 0 saturated heterocycles. The first kappa shape index (κ1) is 14.2. The normalized spacial score (nSPS) is 17.1. The van der Waals surface area contributed by atoms with Crippen LogP contribution in [0.15, 0.2) is 30.6 Å². The van der Waals surface area contributed by atoms with E-state index in [-0.39, 0.29) is 18.5 Å². The number of carbonyl (C=O) groups excluding carboxylic acids is 1. The van der Waals surface area contributed by atoms with Gasteiger partial charge in [0.05, 0.1) is 0 Å². The lowest BCUT2D eigenvalue weighted by Crippen LogP contribution is -2.43. The van der Waals surface area contributed by atoms with E-state index in [1.54, 1.807) is 4.90 Å². The molecule has 1 aliphatic heterocycles. The summed E-state index contributed by atoms with van der Waals surface area (Å²) >= 11 is 0. The van der Waals surface area contributed by atoms with Gasteiger partial charge in [-0.2, -0.15) is 4.68 Å². The monoisotopic (exact) mass is 301 g/mol. The molecule has 0 fully saturated rings. The molecule has 1 amide bonds. The van der Waals surface area contributed by atoms with Gasteiger partial charge in [-0.15, -0.1) is 0 Å². The molecule has 1 aliphatic rings. The Hall–Kier alpha value is -2.77. The minimum absolute atomic E-state index is 0.0699. The molecular weight excluding hydrogens is 286 g/mol. The molecule has 2 aromatic rings. The maximum absolute atomic E-state index is 12.6. The predicted molar refractivity (Wildman–Crippen MR) is 78.4 cm³/mol. The number of benzene rings is 1. The number of para-hydroxylation sites is 1. The molecule has 1 aromatic heterocycles. The molecule has 1 aromatic carbocycles. The molecule has 2 heterocycles. The highest BCUT2D eigenvalue weighted by molar-refractivity contribution is 5.95. The van der Waals surface area contributed by atoms with Crippen LogP contribution in [0.3, 0.4) is 0 Å². The van der Waals surface area contributed by atoms with E-state index in [4.69, 9.17) is 0 Å². The number of fused-ring (bicyclic) bond motifs is 1. The van der Waals surface area contributed by atoms with Crippen molar-refractivity contribution in [2.24, 2.45) is 0 Å². The summed E-state index contributed by atoms with van der Waals surface area (Å²) in [5.41, 5.74) is 2.04. The number of amides is 1. The summed E-state index contributed by atoms with van der Waals surface area (Å²) in [6.07, 6.45) is 3.03.